The first-order chi connectivity index (χ1) is 13.8. The summed E-state index contributed by atoms with van der Waals surface area (Å²) in [5.41, 5.74) is 3.56. The first-order valence-corrected chi connectivity index (χ1v) is 10.0. The lowest BCUT2D eigenvalue weighted by Gasteiger charge is -2.24. The highest BCUT2D eigenvalue weighted by Crippen LogP contribution is 2.16. The van der Waals surface area contributed by atoms with Gasteiger partial charge in [-0.3, -0.25) is 4.79 Å². The van der Waals surface area contributed by atoms with E-state index in [1.165, 1.54) is 21.9 Å². The highest BCUT2D eigenvalue weighted by Gasteiger charge is 2.16. The first kappa shape index (κ1) is 18.7. The van der Waals surface area contributed by atoms with Crippen LogP contribution in [0.15, 0.2) is 66.7 Å². The van der Waals surface area contributed by atoms with Crippen LogP contribution >= 0.6 is 0 Å². The summed E-state index contributed by atoms with van der Waals surface area (Å²) in [5, 5.41) is 5.47. The minimum absolute atomic E-state index is 0.0591. The zero-order valence-electron chi connectivity index (χ0n) is 16.1. The van der Waals surface area contributed by atoms with Crippen molar-refractivity contribution in [1.82, 2.24) is 5.32 Å². The van der Waals surface area contributed by atoms with Crippen molar-refractivity contribution in [3.05, 3.63) is 83.4 Å². The minimum atomic E-state index is 0.0591. The lowest BCUT2D eigenvalue weighted by atomic mass is 10.0. The molecular formula is C24H27N2O2+. The Bertz CT molecular complexity index is 948. The molecule has 1 aliphatic rings. The number of carbonyl (C=O) groups excluding carboxylic acids is 1. The molecule has 0 saturated carbocycles. The minimum Gasteiger partial charge on any atom is -0.370 e. The van der Waals surface area contributed by atoms with Gasteiger partial charge in [-0.25, -0.2) is 0 Å². The number of hydrogen-bond acceptors (Lipinski definition) is 2. The van der Waals surface area contributed by atoms with Crippen molar-refractivity contribution >= 4 is 16.7 Å². The number of nitrogens with one attached hydrogen (secondary N) is 2. The molecule has 3 aromatic rings. The van der Waals surface area contributed by atoms with Gasteiger partial charge in [-0.1, -0.05) is 66.7 Å². The number of fused-ring (bicyclic) bond motifs is 1. The second-order valence-electron chi connectivity index (χ2n) is 7.44. The molecule has 4 rings (SSSR count). The van der Waals surface area contributed by atoms with Crippen molar-refractivity contribution in [2.75, 3.05) is 26.3 Å². The lowest BCUT2D eigenvalue weighted by Crippen LogP contribution is -3.12. The molecule has 0 bridgehead atoms. The van der Waals surface area contributed by atoms with Crippen LogP contribution in [0.25, 0.3) is 10.8 Å². The van der Waals surface area contributed by atoms with Gasteiger partial charge in [0, 0.05) is 12.1 Å². The fourth-order valence-electron chi connectivity index (χ4n) is 3.80. The predicted octanol–water partition coefficient (Wildman–Crippen LogP) is 2.11. The Labute approximate surface area is 166 Å². The number of morpholine rings is 1. The molecule has 3 aromatic carbocycles. The maximum atomic E-state index is 12.5. The van der Waals surface area contributed by atoms with Crippen molar-refractivity contribution in [3.8, 4) is 0 Å². The van der Waals surface area contributed by atoms with E-state index < -0.39 is 0 Å². The summed E-state index contributed by atoms with van der Waals surface area (Å²) >= 11 is 0. The van der Waals surface area contributed by atoms with E-state index in [9.17, 15) is 4.79 Å². The summed E-state index contributed by atoms with van der Waals surface area (Å²) in [4.78, 5) is 14.0. The van der Waals surface area contributed by atoms with E-state index >= 15 is 0 Å². The van der Waals surface area contributed by atoms with Crippen LogP contribution in [0.5, 0.6) is 0 Å². The van der Waals surface area contributed by atoms with Gasteiger partial charge in [-0.2, -0.15) is 0 Å². The summed E-state index contributed by atoms with van der Waals surface area (Å²) in [6.07, 6.45) is 0.404. The Morgan fingerprint density at radius 2 is 1.61 bits per heavy atom. The van der Waals surface area contributed by atoms with E-state index in [2.05, 4.69) is 47.8 Å². The summed E-state index contributed by atoms with van der Waals surface area (Å²) in [5.74, 6) is 0.0591. The molecule has 0 atom stereocenters. The van der Waals surface area contributed by atoms with Gasteiger partial charge < -0.3 is 15.0 Å². The molecule has 1 amide bonds. The quantitative estimate of drug-likeness (QED) is 0.693. The van der Waals surface area contributed by atoms with Gasteiger partial charge in [0.1, 0.15) is 19.6 Å². The van der Waals surface area contributed by atoms with Crippen LogP contribution in [0.2, 0.25) is 0 Å². The number of benzene rings is 3. The van der Waals surface area contributed by atoms with Gasteiger partial charge >= 0.3 is 0 Å². The summed E-state index contributed by atoms with van der Waals surface area (Å²) < 4.78 is 5.45. The third kappa shape index (κ3) is 4.77. The molecule has 0 spiro atoms. The Morgan fingerprint density at radius 3 is 2.43 bits per heavy atom. The summed E-state index contributed by atoms with van der Waals surface area (Å²) in [7, 11) is 0. The van der Waals surface area contributed by atoms with Crippen molar-refractivity contribution in [1.29, 1.82) is 0 Å². The van der Waals surface area contributed by atoms with Crippen LogP contribution in [0.1, 0.15) is 16.7 Å². The van der Waals surface area contributed by atoms with Crippen LogP contribution in [0.4, 0.5) is 0 Å². The molecule has 144 valence electrons. The summed E-state index contributed by atoms with van der Waals surface area (Å²) in [6.45, 7) is 5.32. The third-order valence-corrected chi connectivity index (χ3v) is 5.41. The van der Waals surface area contributed by atoms with E-state index in [1.807, 2.05) is 24.3 Å². The van der Waals surface area contributed by atoms with E-state index in [-0.39, 0.29) is 5.91 Å². The van der Waals surface area contributed by atoms with Gasteiger partial charge in [-0.05, 0) is 21.9 Å². The Morgan fingerprint density at radius 1 is 0.893 bits per heavy atom. The topological polar surface area (TPSA) is 42.8 Å². The predicted molar refractivity (Wildman–Crippen MR) is 111 cm³/mol. The fourth-order valence-corrected chi connectivity index (χ4v) is 3.80. The maximum absolute atomic E-state index is 12.5. The largest absolute Gasteiger partial charge is 0.370 e. The Balaban J connectivity index is 1.36. The second kappa shape index (κ2) is 9.00. The molecule has 1 saturated heterocycles. The van der Waals surface area contributed by atoms with Gasteiger partial charge in [0.15, 0.2) is 0 Å². The number of carbonyl (C=O) groups is 1. The van der Waals surface area contributed by atoms with Crippen molar-refractivity contribution in [2.24, 2.45) is 0 Å². The maximum Gasteiger partial charge on any atom is 0.224 e. The standard InChI is InChI=1S/C24H26N2O2/c27-24(16-19-9-10-20-5-1-2-6-21(20)15-19)25-17-22-7-3-4-8-23(22)18-26-11-13-28-14-12-26/h1-10,15H,11-14,16-18H2,(H,25,27)/p+1. The molecule has 1 fully saturated rings. The lowest BCUT2D eigenvalue weighted by molar-refractivity contribution is -0.921. The molecule has 0 radical (unpaired) electrons. The monoisotopic (exact) mass is 375 g/mol. The SMILES string of the molecule is O=C(Cc1ccc2ccccc2c1)NCc1ccccc1C[NH+]1CCOCC1. The Kier molecular flexibility index (Phi) is 6.00. The molecular weight excluding hydrogens is 348 g/mol. The summed E-state index contributed by atoms with van der Waals surface area (Å²) in [6, 6.07) is 22.9. The van der Waals surface area contributed by atoms with Crippen molar-refractivity contribution in [2.45, 2.75) is 19.5 Å². The number of ether oxygens (including phenoxy) is 1. The van der Waals surface area contributed by atoms with Gasteiger partial charge in [0.25, 0.3) is 0 Å². The highest BCUT2D eigenvalue weighted by molar-refractivity contribution is 5.85. The molecule has 2 N–H and O–H groups in total. The normalized spacial score (nSPS) is 14.9. The molecule has 0 aliphatic carbocycles. The van der Waals surface area contributed by atoms with Crippen LogP contribution in [-0.4, -0.2) is 32.2 Å². The molecule has 1 aliphatic heterocycles. The van der Waals surface area contributed by atoms with Crippen molar-refractivity contribution in [3.63, 3.8) is 0 Å². The second-order valence-corrected chi connectivity index (χ2v) is 7.44. The molecule has 0 unspecified atom stereocenters. The van der Waals surface area contributed by atoms with Crippen molar-refractivity contribution < 1.29 is 14.4 Å². The van der Waals surface area contributed by atoms with E-state index in [1.54, 1.807) is 4.90 Å². The molecule has 4 heteroatoms. The average Bonchev–Trinajstić information content (AvgIpc) is 2.74. The Hall–Kier alpha value is -2.69. The molecule has 28 heavy (non-hydrogen) atoms. The van der Waals surface area contributed by atoms with Gasteiger partial charge in [0.05, 0.1) is 19.6 Å². The van der Waals surface area contributed by atoms with Crippen LogP contribution in [0, 0.1) is 0 Å². The first-order valence-electron chi connectivity index (χ1n) is 10.0. The zero-order chi connectivity index (χ0) is 19.2. The smallest absolute Gasteiger partial charge is 0.224 e. The van der Waals surface area contributed by atoms with E-state index in [0.717, 1.165) is 38.4 Å². The fraction of sp³-hybridized carbons (Fsp3) is 0.292. The third-order valence-electron chi connectivity index (χ3n) is 5.41. The van der Waals surface area contributed by atoms with E-state index in [0.29, 0.717) is 13.0 Å². The zero-order valence-corrected chi connectivity index (χ0v) is 16.1. The van der Waals surface area contributed by atoms with Gasteiger partial charge in [-0.15, -0.1) is 0 Å². The number of amides is 1. The average molecular weight is 375 g/mol. The van der Waals surface area contributed by atoms with Gasteiger partial charge in [0.2, 0.25) is 5.91 Å². The number of rotatable bonds is 6. The van der Waals surface area contributed by atoms with Crippen LogP contribution in [0.3, 0.4) is 0 Å². The van der Waals surface area contributed by atoms with Crippen LogP contribution in [-0.2, 0) is 29.0 Å². The number of quaternary nitrogens is 1. The number of hydrogen-bond donors (Lipinski definition) is 2. The molecule has 0 aromatic heterocycles. The molecule has 4 nitrogen and oxygen atoms in total. The van der Waals surface area contributed by atoms with E-state index in [4.69, 9.17) is 4.74 Å². The molecule has 1 heterocycles. The highest BCUT2D eigenvalue weighted by atomic mass is 16.5. The van der Waals surface area contributed by atoms with Crippen LogP contribution < -0.4 is 10.2 Å².